The molecule has 0 fully saturated rings. The van der Waals surface area contributed by atoms with Gasteiger partial charge in [-0.2, -0.15) is 0 Å². The smallest absolute Gasteiger partial charge is 0.170 e. The lowest BCUT2D eigenvalue weighted by atomic mass is 10.0. The second-order valence-electron chi connectivity index (χ2n) is 4.87. The molecule has 2 N–H and O–H groups in total. The first-order valence-electron chi connectivity index (χ1n) is 7.42. The van der Waals surface area contributed by atoms with E-state index >= 15 is 0 Å². The zero-order valence-corrected chi connectivity index (χ0v) is 14.2. The molecule has 0 aliphatic carbocycles. The van der Waals surface area contributed by atoms with Crippen molar-refractivity contribution in [3.63, 3.8) is 0 Å². The number of hydrogen-bond donors (Lipinski definition) is 2. The highest BCUT2D eigenvalue weighted by Gasteiger charge is 2.07. The number of hydrogen-bond acceptors (Lipinski definition) is 2. The van der Waals surface area contributed by atoms with Gasteiger partial charge in [0.25, 0.3) is 0 Å². The Hall–Kier alpha value is -1.39. The van der Waals surface area contributed by atoms with E-state index in [9.17, 15) is 0 Å². The molecule has 1 aromatic heterocycles. The number of aryl methyl sites for hydroxylation is 2. The Morgan fingerprint density at radius 2 is 1.81 bits per heavy atom. The van der Waals surface area contributed by atoms with E-state index in [1.165, 1.54) is 21.7 Å². The molecule has 112 valence electrons. The molecule has 0 saturated carbocycles. The first kappa shape index (κ1) is 16.0. The number of nitrogens with one attached hydrogen (secondary N) is 2. The van der Waals surface area contributed by atoms with Crippen molar-refractivity contribution in [3.8, 4) is 0 Å². The summed E-state index contributed by atoms with van der Waals surface area (Å²) >= 11 is 7.21. The fourth-order valence-electron chi connectivity index (χ4n) is 2.31. The van der Waals surface area contributed by atoms with E-state index in [1.807, 2.05) is 0 Å². The Bertz CT molecular complexity index is 554. The standard InChI is InChI=1S/C17H22N2S2/c1-3-13-7-5-8-14(4-2)16(13)19-17(20)18-11-10-15-9-6-12-21-15/h5-9,12H,3-4,10-11H2,1-2H3,(H2,18,19,20). The molecule has 4 heteroatoms. The third-order valence-corrected chi connectivity index (χ3v) is 4.66. The third kappa shape index (κ3) is 4.55. The van der Waals surface area contributed by atoms with Crippen molar-refractivity contribution < 1.29 is 0 Å². The van der Waals surface area contributed by atoms with Gasteiger partial charge in [0.05, 0.1) is 0 Å². The van der Waals surface area contributed by atoms with Crippen LogP contribution in [0.25, 0.3) is 0 Å². The number of rotatable bonds is 6. The minimum Gasteiger partial charge on any atom is -0.362 e. The van der Waals surface area contributed by atoms with Crippen LogP contribution in [0.2, 0.25) is 0 Å². The molecule has 0 saturated heterocycles. The van der Waals surface area contributed by atoms with E-state index in [0.29, 0.717) is 5.11 Å². The summed E-state index contributed by atoms with van der Waals surface area (Å²) in [4.78, 5) is 1.38. The summed E-state index contributed by atoms with van der Waals surface area (Å²) in [7, 11) is 0. The van der Waals surface area contributed by atoms with Crippen LogP contribution in [0.15, 0.2) is 35.7 Å². The molecule has 2 aromatic rings. The molecular formula is C17H22N2S2. The molecule has 0 amide bonds. The number of thiocarbonyl (C=S) groups is 1. The van der Waals surface area contributed by atoms with Gasteiger partial charge in [0.1, 0.15) is 0 Å². The van der Waals surface area contributed by atoms with Crippen LogP contribution in [0.1, 0.15) is 29.9 Å². The van der Waals surface area contributed by atoms with Crippen LogP contribution in [0.4, 0.5) is 5.69 Å². The molecule has 0 atom stereocenters. The normalized spacial score (nSPS) is 10.4. The average Bonchev–Trinajstić information content (AvgIpc) is 3.00. The topological polar surface area (TPSA) is 24.1 Å². The lowest BCUT2D eigenvalue weighted by Gasteiger charge is -2.16. The van der Waals surface area contributed by atoms with Crippen LogP contribution in [0, 0.1) is 0 Å². The van der Waals surface area contributed by atoms with Gasteiger partial charge in [-0.3, -0.25) is 0 Å². The van der Waals surface area contributed by atoms with Crippen LogP contribution in [-0.2, 0) is 19.3 Å². The van der Waals surface area contributed by atoms with Gasteiger partial charge in [-0.05, 0) is 54.1 Å². The fraction of sp³-hybridized carbons (Fsp3) is 0.353. The minimum atomic E-state index is 0.710. The molecule has 21 heavy (non-hydrogen) atoms. The highest BCUT2D eigenvalue weighted by atomic mass is 32.1. The summed E-state index contributed by atoms with van der Waals surface area (Å²) < 4.78 is 0. The third-order valence-electron chi connectivity index (χ3n) is 3.47. The summed E-state index contributed by atoms with van der Waals surface area (Å²) in [5, 5.41) is 9.50. The zero-order chi connectivity index (χ0) is 15.1. The Balaban J connectivity index is 1.93. The molecule has 0 bridgehead atoms. The number of thiophene rings is 1. The van der Waals surface area contributed by atoms with Gasteiger partial charge in [0.15, 0.2) is 5.11 Å². The monoisotopic (exact) mass is 318 g/mol. The lowest BCUT2D eigenvalue weighted by molar-refractivity contribution is 0.884. The summed E-state index contributed by atoms with van der Waals surface area (Å²) in [6.45, 7) is 5.21. The van der Waals surface area contributed by atoms with E-state index in [4.69, 9.17) is 12.2 Å². The van der Waals surface area contributed by atoms with Crippen molar-refractivity contribution in [2.45, 2.75) is 33.1 Å². The van der Waals surface area contributed by atoms with E-state index in [-0.39, 0.29) is 0 Å². The van der Waals surface area contributed by atoms with E-state index in [2.05, 4.69) is 60.2 Å². The molecule has 0 radical (unpaired) electrons. The van der Waals surface area contributed by atoms with Gasteiger partial charge < -0.3 is 10.6 Å². The highest BCUT2D eigenvalue weighted by molar-refractivity contribution is 7.80. The lowest BCUT2D eigenvalue weighted by Crippen LogP contribution is -2.30. The fourth-order valence-corrected chi connectivity index (χ4v) is 3.23. The Morgan fingerprint density at radius 1 is 1.10 bits per heavy atom. The molecular weight excluding hydrogens is 296 g/mol. The summed E-state index contributed by atoms with van der Waals surface area (Å²) in [6, 6.07) is 10.7. The molecule has 1 aromatic carbocycles. The SMILES string of the molecule is CCc1cccc(CC)c1NC(=S)NCCc1cccs1. The van der Waals surface area contributed by atoms with Gasteiger partial charge in [0, 0.05) is 17.1 Å². The second-order valence-corrected chi connectivity index (χ2v) is 6.31. The zero-order valence-electron chi connectivity index (χ0n) is 12.6. The molecule has 0 aliphatic rings. The number of para-hydroxylation sites is 1. The van der Waals surface area contributed by atoms with Crippen LogP contribution in [-0.4, -0.2) is 11.7 Å². The second kappa shape index (κ2) is 8.15. The van der Waals surface area contributed by atoms with E-state index in [1.54, 1.807) is 11.3 Å². The molecule has 2 rings (SSSR count). The number of anilines is 1. The first-order valence-corrected chi connectivity index (χ1v) is 8.71. The maximum absolute atomic E-state index is 5.43. The van der Waals surface area contributed by atoms with Crippen molar-refractivity contribution in [1.29, 1.82) is 0 Å². The quantitative estimate of drug-likeness (QED) is 0.772. The number of benzene rings is 1. The highest BCUT2D eigenvalue weighted by Crippen LogP contribution is 2.22. The van der Waals surface area contributed by atoms with Crippen molar-refractivity contribution in [3.05, 3.63) is 51.7 Å². The van der Waals surface area contributed by atoms with Crippen LogP contribution >= 0.6 is 23.6 Å². The molecule has 1 heterocycles. The summed E-state index contributed by atoms with van der Waals surface area (Å²) in [6.07, 6.45) is 3.03. The predicted molar refractivity (Wildman–Crippen MR) is 97.4 cm³/mol. The predicted octanol–water partition coefficient (Wildman–Crippen LogP) is 4.40. The largest absolute Gasteiger partial charge is 0.362 e. The molecule has 0 aliphatic heterocycles. The Kier molecular flexibility index (Phi) is 6.21. The Morgan fingerprint density at radius 3 is 2.38 bits per heavy atom. The maximum atomic E-state index is 5.43. The van der Waals surface area contributed by atoms with Gasteiger partial charge in [-0.1, -0.05) is 38.1 Å². The van der Waals surface area contributed by atoms with Gasteiger partial charge in [-0.25, -0.2) is 0 Å². The molecule has 0 spiro atoms. The van der Waals surface area contributed by atoms with Crippen LogP contribution in [0.5, 0.6) is 0 Å². The Labute approximate surface area is 136 Å². The van der Waals surface area contributed by atoms with Crippen molar-refractivity contribution in [1.82, 2.24) is 5.32 Å². The van der Waals surface area contributed by atoms with Gasteiger partial charge in [-0.15, -0.1) is 11.3 Å². The van der Waals surface area contributed by atoms with Crippen LogP contribution in [0.3, 0.4) is 0 Å². The first-order chi connectivity index (χ1) is 10.2. The minimum absolute atomic E-state index is 0.710. The van der Waals surface area contributed by atoms with Crippen molar-refractivity contribution in [2.24, 2.45) is 0 Å². The molecule has 0 unspecified atom stereocenters. The van der Waals surface area contributed by atoms with E-state index < -0.39 is 0 Å². The average molecular weight is 319 g/mol. The summed E-state index contributed by atoms with van der Waals surface area (Å²) in [5.74, 6) is 0. The summed E-state index contributed by atoms with van der Waals surface area (Å²) in [5.41, 5.74) is 3.81. The van der Waals surface area contributed by atoms with Gasteiger partial charge in [0.2, 0.25) is 0 Å². The van der Waals surface area contributed by atoms with Crippen molar-refractivity contribution in [2.75, 3.05) is 11.9 Å². The van der Waals surface area contributed by atoms with E-state index in [0.717, 1.165) is 25.8 Å². The van der Waals surface area contributed by atoms with Gasteiger partial charge >= 0.3 is 0 Å². The van der Waals surface area contributed by atoms with Crippen LogP contribution < -0.4 is 10.6 Å². The van der Waals surface area contributed by atoms with Crippen molar-refractivity contribution >= 4 is 34.4 Å². The molecule has 2 nitrogen and oxygen atoms in total. The maximum Gasteiger partial charge on any atom is 0.170 e.